The van der Waals surface area contributed by atoms with Gasteiger partial charge in [-0.05, 0) is 45.7 Å². The SMILES string of the molecule is CC(C)(C)OC(=O)N1CCCC(C(=O)NCc2ccc(C#N)cc2OC(F)(F)F)C1. The summed E-state index contributed by atoms with van der Waals surface area (Å²) in [4.78, 5) is 26.2. The molecule has 0 aromatic heterocycles. The zero-order valence-electron chi connectivity index (χ0n) is 17.0. The van der Waals surface area contributed by atoms with Crippen molar-refractivity contribution in [2.75, 3.05) is 13.1 Å². The maximum atomic E-state index is 12.6. The first-order valence-electron chi connectivity index (χ1n) is 9.42. The molecule has 0 saturated carbocycles. The number of carbonyl (C=O) groups excluding carboxylic acids is 2. The van der Waals surface area contributed by atoms with Crippen molar-refractivity contribution >= 4 is 12.0 Å². The normalized spacial score (nSPS) is 17.1. The Kier molecular flexibility index (Phi) is 7.18. The Bertz CT molecular complexity index is 828. The Hall–Kier alpha value is -2.96. The minimum absolute atomic E-state index is 0.00427. The summed E-state index contributed by atoms with van der Waals surface area (Å²) in [6.07, 6.45) is -4.28. The molecule has 1 heterocycles. The van der Waals surface area contributed by atoms with Gasteiger partial charge in [0.25, 0.3) is 0 Å². The van der Waals surface area contributed by atoms with Gasteiger partial charge in [0.2, 0.25) is 5.91 Å². The minimum atomic E-state index is -4.93. The third-order valence-corrected chi connectivity index (χ3v) is 4.32. The van der Waals surface area contributed by atoms with Crippen LogP contribution in [0, 0.1) is 17.2 Å². The van der Waals surface area contributed by atoms with Crippen LogP contribution in [0.2, 0.25) is 0 Å². The number of rotatable bonds is 4. The van der Waals surface area contributed by atoms with E-state index in [0.29, 0.717) is 19.4 Å². The molecule has 1 aliphatic rings. The van der Waals surface area contributed by atoms with Crippen LogP contribution in [0.4, 0.5) is 18.0 Å². The number of nitrogens with zero attached hydrogens (tertiary/aromatic N) is 2. The second-order valence-corrected chi connectivity index (χ2v) is 7.97. The molecule has 1 unspecified atom stereocenters. The van der Waals surface area contributed by atoms with E-state index >= 15 is 0 Å². The number of alkyl halides is 3. The maximum Gasteiger partial charge on any atom is 0.573 e. The van der Waals surface area contributed by atoms with Crippen molar-refractivity contribution in [2.24, 2.45) is 5.92 Å². The van der Waals surface area contributed by atoms with Crippen LogP contribution in [0.15, 0.2) is 18.2 Å². The molecule has 0 radical (unpaired) electrons. The molecule has 1 saturated heterocycles. The monoisotopic (exact) mass is 427 g/mol. The molecule has 164 valence electrons. The Balaban J connectivity index is 2.01. The fraction of sp³-hybridized carbons (Fsp3) is 0.550. The van der Waals surface area contributed by atoms with Crippen LogP contribution in [0.25, 0.3) is 0 Å². The number of nitriles is 1. The van der Waals surface area contributed by atoms with Gasteiger partial charge in [-0.25, -0.2) is 4.79 Å². The smallest absolute Gasteiger partial charge is 0.444 e. The number of ether oxygens (including phenoxy) is 2. The van der Waals surface area contributed by atoms with Gasteiger partial charge in [0.05, 0.1) is 17.6 Å². The van der Waals surface area contributed by atoms with E-state index in [1.54, 1.807) is 26.8 Å². The number of halogens is 3. The van der Waals surface area contributed by atoms with Gasteiger partial charge in [0.1, 0.15) is 11.4 Å². The third kappa shape index (κ3) is 7.13. The topological polar surface area (TPSA) is 91.7 Å². The maximum absolute atomic E-state index is 12.6. The van der Waals surface area contributed by atoms with Crippen molar-refractivity contribution in [1.29, 1.82) is 5.26 Å². The van der Waals surface area contributed by atoms with E-state index in [-0.39, 0.29) is 30.1 Å². The van der Waals surface area contributed by atoms with Gasteiger partial charge in [-0.2, -0.15) is 5.26 Å². The molecule has 1 N–H and O–H groups in total. The van der Waals surface area contributed by atoms with Crippen molar-refractivity contribution < 1.29 is 32.2 Å². The fourth-order valence-corrected chi connectivity index (χ4v) is 3.00. The van der Waals surface area contributed by atoms with E-state index in [1.165, 1.54) is 17.0 Å². The minimum Gasteiger partial charge on any atom is -0.444 e. The highest BCUT2D eigenvalue weighted by Gasteiger charge is 2.33. The number of hydrogen-bond donors (Lipinski definition) is 1. The number of piperidine rings is 1. The average Bonchev–Trinajstić information content (AvgIpc) is 2.64. The molecule has 10 heteroatoms. The number of hydrogen-bond acceptors (Lipinski definition) is 5. The summed E-state index contributed by atoms with van der Waals surface area (Å²) in [6.45, 7) is 5.67. The summed E-state index contributed by atoms with van der Waals surface area (Å²) < 4.78 is 47.2. The lowest BCUT2D eigenvalue weighted by Gasteiger charge is -2.33. The Labute approximate surface area is 172 Å². The van der Waals surface area contributed by atoms with Crippen LogP contribution < -0.4 is 10.1 Å². The first-order valence-corrected chi connectivity index (χ1v) is 9.42. The molecule has 2 rings (SSSR count). The standard InChI is InChI=1S/C20H24F3N3O4/c1-19(2,3)30-18(28)26-8-4-5-15(12-26)17(27)25-11-14-7-6-13(10-24)9-16(14)29-20(21,22)23/h6-7,9,15H,4-5,8,11-12H2,1-3H3,(H,25,27). The molecule has 30 heavy (non-hydrogen) atoms. The lowest BCUT2D eigenvalue weighted by atomic mass is 9.97. The number of amides is 2. The molecular weight excluding hydrogens is 403 g/mol. The highest BCUT2D eigenvalue weighted by molar-refractivity contribution is 5.80. The summed E-state index contributed by atoms with van der Waals surface area (Å²) in [5, 5.41) is 11.5. The second-order valence-electron chi connectivity index (χ2n) is 7.97. The molecule has 0 spiro atoms. The summed E-state index contributed by atoms with van der Waals surface area (Å²) in [5.41, 5.74) is -0.569. The first-order chi connectivity index (χ1) is 13.9. The predicted octanol–water partition coefficient (Wildman–Crippen LogP) is 3.72. The fourth-order valence-electron chi connectivity index (χ4n) is 3.00. The van der Waals surface area contributed by atoms with E-state index in [4.69, 9.17) is 10.00 Å². The first kappa shape index (κ1) is 23.3. The largest absolute Gasteiger partial charge is 0.573 e. The molecule has 1 fully saturated rings. The molecule has 7 nitrogen and oxygen atoms in total. The highest BCUT2D eigenvalue weighted by atomic mass is 19.4. The van der Waals surface area contributed by atoms with Gasteiger partial charge in [-0.1, -0.05) is 6.07 Å². The summed E-state index contributed by atoms with van der Waals surface area (Å²) in [7, 11) is 0. The summed E-state index contributed by atoms with van der Waals surface area (Å²) >= 11 is 0. The number of nitrogens with one attached hydrogen (secondary N) is 1. The van der Waals surface area contributed by atoms with E-state index in [2.05, 4.69) is 10.1 Å². The van der Waals surface area contributed by atoms with Gasteiger partial charge in [0, 0.05) is 25.2 Å². The number of likely N-dealkylation sites (tertiary alicyclic amines) is 1. The van der Waals surface area contributed by atoms with Crippen molar-refractivity contribution in [3.8, 4) is 11.8 Å². The molecule has 1 atom stereocenters. The van der Waals surface area contributed by atoms with Gasteiger partial charge in [0.15, 0.2) is 0 Å². The summed E-state index contributed by atoms with van der Waals surface area (Å²) in [5.74, 6) is -1.43. The van der Waals surface area contributed by atoms with Crippen LogP contribution in [-0.2, 0) is 16.1 Å². The van der Waals surface area contributed by atoms with Gasteiger partial charge >= 0.3 is 12.5 Å². The van der Waals surface area contributed by atoms with Crippen molar-refractivity contribution in [3.63, 3.8) is 0 Å². The van der Waals surface area contributed by atoms with Crippen LogP contribution in [0.3, 0.4) is 0 Å². The second kappa shape index (κ2) is 9.24. The average molecular weight is 427 g/mol. The van der Waals surface area contributed by atoms with E-state index < -0.39 is 29.7 Å². The van der Waals surface area contributed by atoms with Gasteiger partial charge < -0.3 is 19.7 Å². The van der Waals surface area contributed by atoms with Gasteiger partial charge in [-0.3, -0.25) is 4.79 Å². The van der Waals surface area contributed by atoms with Crippen molar-refractivity contribution in [3.05, 3.63) is 29.3 Å². The molecule has 1 aromatic rings. The highest BCUT2D eigenvalue weighted by Crippen LogP contribution is 2.28. The zero-order chi connectivity index (χ0) is 22.5. The van der Waals surface area contributed by atoms with Crippen LogP contribution in [-0.4, -0.2) is 42.0 Å². The molecule has 0 aliphatic carbocycles. The Morgan fingerprint density at radius 2 is 2.00 bits per heavy atom. The van der Waals surface area contributed by atoms with Crippen molar-refractivity contribution in [2.45, 2.75) is 52.1 Å². The van der Waals surface area contributed by atoms with Crippen LogP contribution in [0.1, 0.15) is 44.7 Å². The molecular formula is C20H24F3N3O4. The number of benzene rings is 1. The lowest BCUT2D eigenvalue weighted by molar-refractivity contribution is -0.274. The van der Waals surface area contributed by atoms with Crippen LogP contribution >= 0.6 is 0 Å². The van der Waals surface area contributed by atoms with E-state index in [1.807, 2.05) is 0 Å². The molecule has 2 amide bonds. The molecule has 0 bridgehead atoms. The van der Waals surface area contributed by atoms with E-state index in [0.717, 1.165) is 6.07 Å². The molecule has 1 aliphatic heterocycles. The predicted molar refractivity (Wildman–Crippen MR) is 100 cm³/mol. The Morgan fingerprint density at radius 1 is 1.30 bits per heavy atom. The lowest BCUT2D eigenvalue weighted by Crippen LogP contribution is -2.46. The third-order valence-electron chi connectivity index (χ3n) is 4.32. The van der Waals surface area contributed by atoms with Gasteiger partial charge in [-0.15, -0.1) is 13.2 Å². The number of carbonyl (C=O) groups is 2. The quantitative estimate of drug-likeness (QED) is 0.791. The summed E-state index contributed by atoms with van der Waals surface area (Å²) in [6, 6.07) is 5.36. The van der Waals surface area contributed by atoms with Crippen molar-refractivity contribution in [1.82, 2.24) is 10.2 Å². The van der Waals surface area contributed by atoms with Crippen LogP contribution in [0.5, 0.6) is 5.75 Å². The zero-order valence-corrected chi connectivity index (χ0v) is 17.0. The molecule has 1 aromatic carbocycles. The Morgan fingerprint density at radius 3 is 2.60 bits per heavy atom. The van der Waals surface area contributed by atoms with E-state index in [9.17, 15) is 22.8 Å².